The summed E-state index contributed by atoms with van der Waals surface area (Å²) in [4.78, 5) is 36.1. The van der Waals surface area contributed by atoms with Gasteiger partial charge in [0.15, 0.2) is 0 Å². The van der Waals surface area contributed by atoms with Crippen molar-refractivity contribution in [3.63, 3.8) is 0 Å². The summed E-state index contributed by atoms with van der Waals surface area (Å²) in [6, 6.07) is 0. The Hall–Kier alpha value is -1.39. The third-order valence-electron chi connectivity index (χ3n) is 2.26. The number of hydrogen-bond acceptors (Lipinski definition) is 3. The van der Waals surface area contributed by atoms with Gasteiger partial charge in [-0.15, -0.1) is 0 Å². The molecule has 0 radical (unpaired) electrons. The van der Waals surface area contributed by atoms with Gasteiger partial charge >= 0.3 is 11.8 Å². The van der Waals surface area contributed by atoms with Crippen LogP contribution in [0.25, 0.3) is 0 Å². The molecule has 0 unspecified atom stereocenters. The maximum absolute atomic E-state index is 11.4. The van der Waals surface area contributed by atoms with Crippen LogP contribution in [0.5, 0.6) is 0 Å². The highest BCUT2D eigenvalue weighted by Crippen LogP contribution is 2.03. The standard InChI is InChI=1S/C9H14N2O3/c1-7(12)3-4-11-6-5-10(2)8(13)9(11)14/h3-6H2,1-2H3. The average Bonchev–Trinajstić information content (AvgIpc) is 2.13. The number of ketones is 1. The highest BCUT2D eigenvalue weighted by atomic mass is 16.2. The molecule has 0 aromatic carbocycles. The lowest BCUT2D eigenvalue weighted by atomic mass is 10.2. The van der Waals surface area contributed by atoms with Crippen LogP contribution < -0.4 is 0 Å². The molecule has 14 heavy (non-hydrogen) atoms. The van der Waals surface area contributed by atoms with Gasteiger partial charge < -0.3 is 9.80 Å². The molecule has 1 rings (SSSR count). The van der Waals surface area contributed by atoms with Crippen molar-refractivity contribution in [2.75, 3.05) is 26.7 Å². The maximum atomic E-state index is 11.4. The van der Waals surface area contributed by atoms with E-state index in [4.69, 9.17) is 0 Å². The Morgan fingerprint density at radius 2 is 1.93 bits per heavy atom. The molecule has 1 heterocycles. The second-order valence-corrected chi connectivity index (χ2v) is 3.47. The Kier molecular flexibility index (Phi) is 3.22. The van der Waals surface area contributed by atoms with E-state index in [0.29, 0.717) is 26.1 Å². The molecular formula is C9H14N2O3. The number of nitrogens with zero attached hydrogens (tertiary/aromatic N) is 2. The highest BCUT2D eigenvalue weighted by molar-refractivity contribution is 6.35. The van der Waals surface area contributed by atoms with Gasteiger partial charge in [-0.3, -0.25) is 14.4 Å². The zero-order valence-electron chi connectivity index (χ0n) is 8.45. The number of carbonyl (C=O) groups excluding carboxylic acids is 3. The van der Waals surface area contributed by atoms with E-state index in [0.717, 1.165) is 0 Å². The first kappa shape index (κ1) is 10.7. The van der Waals surface area contributed by atoms with Gasteiger partial charge in [0, 0.05) is 33.1 Å². The Morgan fingerprint density at radius 3 is 2.50 bits per heavy atom. The summed E-state index contributed by atoms with van der Waals surface area (Å²) in [7, 11) is 1.60. The lowest BCUT2D eigenvalue weighted by Crippen LogP contribution is -2.53. The minimum Gasteiger partial charge on any atom is -0.336 e. The fourth-order valence-corrected chi connectivity index (χ4v) is 1.28. The minimum absolute atomic E-state index is 0.0316. The van der Waals surface area contributed by atoms with Crippen molar-refractivity contribution in [3.05, 3.63) is 0 Å². The molecule has 78 valence electrons. The van der Waals surface area contributed by atoms with Crippen LogP contribution in [0.4, 0.5) is 0 Å². The predicted octanol–water partition coefficient (Wildman–Crippen LogP) is -0.734. The average molecular weight is 198 g/mol. The molecule has 0 N–H and O–H groups in total. The third kappa shape index (κ3) is 2.31. The molecule has 0 spiro atoms. The third-order valence-corrected chi connectivity index (χ3v) is 2.26. The van der Waals surface area contributed by atoms with Crippen molar-refractivity contribution < 1.29 is 14.4 Å². The van der Waals surface area contributed by atoms with Crippen LogP contribution in [-0.4, -0.2) is 54.1 Å². The molecule has 0 aliphatic carbocycles. The quantitative estimate of drug-likeness (QED) is 0.561. The van der Waals surface area contributed by atoms with Crippen LogP contribution in [0.1, 0.15) is 13.3 Å². The molecule has 1 aliphatic heterocycles. The number of carbonyl (C=O) groups is 3. The fourth-order valence-electron chi connectivity index (χ4n) is 1.28. The van der Waals surface area contributed by atoms with Crippen LogP contribution in [0.15, 0.2) is 0 Å². The van der Waals surface area contributed by atoms with Gasteiger partial charge in [-0.25, -0.2) is 0 Å². The van der Waals surface area contributed by atoms with Gasteiger partial charge in [0.2, 0.25) is 0 Å². The zero-order chi connectivity index (χ0) is 10.7. The van der Waals surface area contributed by atoms with Gasteiger partial charge in [-0.05, 0) is 6.92 Å². The molecule has 0 atom stereocenters. The Labute approximate surface area is 82.7 Å². The number of Topliss-reactive ketones (excluding diaryl/α,β-unsaturated/α-hetero) is 1. The van der Waals surface area contributed by atoms with Crippen LogP contribution in [0.3, 0.4) is 0 Å². The molecule has 5 heteroatoms. The van der Waals surface area contributed by atoms with Crippen LogP contribution >= 0.6 is 0 Å². The van der Waals surface area contributed by atoms with E-state index >= 15 is 0 Å². The van der Waals surface area contributed by atoms with Crippen LogP contribution in [-0.2, 0) is 14.4 Å². The molecule has 1 fully saturated rings. The van der Waals surface area contributed by atoms with E-state index in [1.54, 1.807) is 7.05 Å². The van der Waals surface area contributed by atoms with Crippen molar-refractivity contribution in [3.8, 4) is 0 Å². The van der Waals surface area contributed by atoms with Crippen molar-refractivity contribution >= 4 is 17.6 Å². The second-order valence-electron chi connectivity index (χ2n) is 3.47. The number of amides is 2. The smallest absolute Gasteiger partial charge is 0.312 e. The SMILES string of the molecule is CC(=O)CCN1CCN(C)C(=O)C1=O. The van der Waals surface area contributed by atoms with E-state index < -0.39 is 11.8 Å². The van der Waals surface area contributed by atoms with Gasteiger partial charge in [-0.1, -0.05) is 0 Å². The zero-order valence-corrected chi connectivity index (χ0v) is 8.45. The van der Waals surface area contributed by atoms with E-state index in [9.17, 15) is 14.4 Å². The van der Waals surface area contributed by atoms with Crippen molar-refractivity contribution in [1.29, 1.82) is 0 Å². The molecule has 0 aromatic rings. The molecular weight excluding hydrogens is 184 g/mol. The molecule has 5 nitrogen and oxygen atoms in total. The Morgan fingerprint density at radius 1 is 1.29 bits per heavy atom. The molecule has 0 bridgehead atoms. The normalized spacial score (nSPS) is 17.6. The van der Waals surface area contributed by atoms with Crippen LogP contribution in [0.2, 0.25) is 0 Å². The summed E-state index contributed by atoms with van der Waals surface area (Å²) in [5, 5.41) is 0. The van der Waals surface area contributed by atoms with E-state index in [1.165, 1.54) is 16.7 Å². The predicted molar refractivity (Wildman–Crippen MR) is 49.5 cm³/mol. The van der Waals surface area contributed by atoms with E-state index in [1.807, 2.05) is 0 Å². The largest absolute Gasteiger partial charge is 0.336 e. The number of likely N-dealkylation sites (N-methyl/N-ethyl adjacent to an activating group) is 1. The number of piperazine rings is 1. The summed E-state index contributed by atoms with van der Waals surface area (Å²) in [5.41, 5.74) is 0. The first-order valence-electron chi connectivity index (χ1n) is 4.56. The lowest BCUT2D eigenvalue weighted by Gasteiger charge is -2.31. The van der Waals surface area contributed by atoms with E-state index in [2.05, 4.69) is 0 Å². The Bertz CT molecular complexity index is 275. The molecule has 1 aliphatic rings. The fraction of sp³-hybridized carbons (Fsp3) is 0.667. The first-order chi connectivity index (χ1) is 6.52. The van der Waals surface area contributed by atoms with Crippen molar-refractivity contribution in [2.24, 2.45) is 0 Å². The topological polar surface area (TPSA) is 57.7 Å². The van der Waals surface area contributed by atoms with Gasteiger partial charge in [-0.2, -0.15) is 0 Å². The minimum atomic E-state index is -0.500. The summed E-state index contributed by atoms with van der Waals surface area (Å²) in [5.74, 6) is -0.955. The number of rotatable bonds is 3. The molecule has 0 aromatic heterocycles. The van der Waals surface area contributed by atoms with Gasteiger partial charge in [0.1, 0.15) is 5.78 Å². The molecule has 1 saturated heterocycles. The van der Waals surface area contributed by atoms with Crippen molar-refractivity contribution in [2.45, 2.75) is 13.3 Å². The van der Waals surface area contributed by atoms with Gasteiger partial charge in [0.25, 0.3) is 0 Å². The second kappa shape index (κ2) is 4.21. The monoisotopic (exact) mass is 198 g/mol. The summed E-state index contributed by atoms with van der Waals surface area (Å²) < 4.78 is 0. The summed E-state index contributed by atoms with van der Waals surface area (Å²) in [6.07, 6.45) is 0.322. The summed E-state index contributed by atoms with van der Waals surface area (Å²) >= 11 is 0. The first-order valence-corrected chi connectivity index (χ1v) is 4.56. The van der Waals surface area contributed by atoms with E-state index in [-0.39, 0.29) is 5.78 Å². The molecule has 2 amide bonds. The maximum Gasteiger partial charge on any atom is 0.312 e. The van der Waals surface area contributed by atoms with Gasteiger partial charge in [0.05, 0.1) is 0 Å². The van der Waals surface area contributed by atoms with Crippen molar-refractivity contribution in [1.82, 2.24) is 9.80 Å². The number of hydrogen-bond donors (Lipinski definition) is 0. The lowest BCUT2D eigenvalue weighted by molar-refractivity contribution is -0.155. The Balaban J connectivity index is 2.51. The molecule has 0 saturated carbocycles. The van der Waals surface area contributed by atoms with Crippen LogP contribution in [0, 0.1) is 0 Å². The summed E-state index contributed by atoms with van der Waals surface area (Å²) in [6.45, 7) is 2.90. The highest BCUT2D eigenvalue weighted by Gasteiger charge is 2.29.